The molecule has 0 saturated carbocycles. The van der Waals surface area contributed by atoms with Gasteiger partial charge in [-0.05, 0) is 22.6 Å². The van der Waals surface area contributed by atoms with Crippen molar-refractivity contribution in [3.8, 4) is 0 Å². The molecule has 1 aromatic rings. The summed E-state index contributed by atoms with van der Waals surface area (Å²) in [7, 11) is 0. The maximum Gasteiger partial charge on any atom is 1.00 e. The van der Waals surface area contributed by atoms with E-state index in [0.717, 1.165) is 4.88 Å². The van der Waals surface area contributed by atoms with Gasteiger partial charge in [-0.1, -0.05) is 20.8 Å². The van der Waals surface area contributed by atoms with Crippen molar-refractivity contribution < 1.29 is 27.6 Å². The fourth-order valence-electron chi connectivity index (χ4n) is 0.799. The largest absolute Gasteiger partial charge is 1.00 e. The third kappa shape index (κ3) is 3.57. The second-order valence-corrected chi connectivity index (χ2v) is 5.48. The van der Waals surface area contributed by atoms with Gasteiger partial charge in [0.15, 0.2) is 0 Å². The summed E-state index contributed by atoms with van der Waals surface area (Å²) in [6.45, 7) is 6.20. The summed E-state index contributed by atoms with van der Waals surface area (Å²) >= 11 is -0.591. The van der Waals surface area contributed by atoms with E-state index in [4.69, 9.17) is 0 Å². The average molecular weight is 210 g/mol. The third-order valence-electron chi connectivity index (χ3n) is 1.51. The van der Waals surface area contributed by atoms with Gasteiger partial charge in [-0.2, -0.15) is 0 Å². The number of hydrogen-bond donors (Lipinski definition) is 0. The minimum atomic E-state index is -2.08. The van der Waals surface area contributed by atoms with Crippen LogP contribution in [-0.2, 0) is 16.5 Å². The normalized spacial score (nSPS) is 13.5. The molecule has 0 saturated heterocycles. The van der Waals surface area contributed by atoms with E-state index in [2.05, 4.69) is 20.8 Å². The maximum atomic E-state index is 10.5. The Labute approximate surface area is 97.2 Å². The van der Waals surface area contributed by atoms with Crippen molar-refractivity contribution in [2.24, 2.45) is 0 Å². The smallest absolute Gasteiger partial charge is 0.768 e. The predicted molar refractivity (Wildman–Crippen MR) is 50.2 cm³/mol. The summed E-state index contributed by atoms with van der Waals surface area (Å²) in [6, 6.07) is 1.73. The monoisotopic (exact) mass is 210 g/mol. The van der Waals surface area contributed by atoms with Gasteiger partial charge >= 0.3 is 18.9 Å². The van der Waals surface area contributed by atoms with Gasteiger partial charge in [0.1, 0.15) is 0 Å². The van der Waals surface area contributed by atoms with Crippen LogP contribution in [0.25, 0.3) is 0 Å². The number of rotatable bonds is 1. The van der Waals surface area contributed by atoms with Crippen LogP contribution in [0, 0.1) is 0 Å². The molecule has 0 aliphatic heterocycles. The molecule has 1 unspecified atom stereocenters. The van der Waals surface area contributed by atoms with Crippen LogP contribution < -0.4 is 18.9 Å². The van der Waals surface area contributed by atoms with Crippen LogP contribution in [0.3, 0.4) is 0 Å². The maximum absolute atomic E-state index is 10.5. The summed E-state index contributed by atoms with van der Waals surface area (Å²) in [5.74, 6) is 0. The number of thiophene rings is 1. The van der Waals surface area contributed by atoms with E-state index in [1.807, 2.05) is 0 Å². The molecule has 0 amide bonds. The second-order valence-electron chi connectivity index (χ2n) is 3.63. The van der Waals surface area contributed by atoms with Gasteiger partial charge in [-0.3, -0.25) is 4.21 Å². The molecule has 0 aliphatic rings. The van der Waals surface area contributed by atoms with Gasteiger partial charge < -0.3 is 4.55 Å². The Kier molecular flexibility index (Phi) is 4.91. The summed E-state index contributed by atoms with van der Waals surface area (Å²) in [6.07, 6.45) is 0. The first-order chi connectivity index (χ1) is 5.41. The molecule has 0 radical (unpaired) electrons. The van der Waals surface area contributed by atoms with E-state index >= 15 is 0 Å². The van der Waals surface area contributed by atoms with Gasteiger partial charge in [0.05, 0.1) is 0 Å². The molecule has 1 atom stereocenters. The molecule has 5 heteroatoms. The van der Waals surface area contributed by atoms with E-state index in [0.29, 0.717) is 4.90 Å². The Bertz CT molecular complexity index is 301. The first kappa shape index (κ1) is 13.4. The second kappa shape index (κ2) is 4.77. The molecule has 2 nitrogen and oxygen atoms in total. The Balaban J connectivity index is 0.00000144. The molecule has 0 aromatic carbocycles. The fourth-order valence-corrected chi connectivity index (χ4v) is 2.41. The molecule has 68 valence electrons. The van der Waals surface area contributed by atoms with Crippen molar-refractivity contribution in [3.63, 3.8) is 0 Å². The zero-order chi connectivity index (χ0) is 9.35. The molecular formula is C8H11LiO2S2. The van der Waals surface area contributed by atoms with Crippen molar-refractivity contribution in [1.82, 2.24) is 0 Å². The van der Waals surface area contributed by atoms with Crippen LogP contribution in [0.4, 0.5) is 0 Å². The standard InChI is InChI=1S/C8H12O2S2.Li/c1-8(2,3)7-4-6(5-11-7)12(9)10;/h4-5H,1-3H3,(H,9,10);/q;+1/p-1. The number of hydrogen-bond acceptors (Lipinski definition) is 3. The molecular weight excluding hydrogens is 199 g/mol. The van der Waals surface area contributed by atoms with Crippen LogP contribution in [0.5, 0.6) is 0 Å². The third-order valence-corrected chi connectivity index (χ3v) is 3.63. The summed E-state index contributed by atoms with van der Waals surface area (Å²) in [4.78, 5) is 1.49. The molecule has 13 heavy (non-hydrogen) atoms. The van der Waals surface area contributed by atoms with Gasteiger partial charge in [-0.25, -0.2) is 0 Å². The zero-order valence-corrected chi connectivity index (χ0v) is 9.92. The van der Waals surface area contributed by atoms with Crippen molar-refractivity contribution in [1.29, 1.82) is 0 Å². The zero-order valence-electron chi connectivity index (χ0n) is 8.29. The van der Waals surface area contributed by atoms with Crippen LogP contribution in [-0.4, -0.2) is 8.76 Å². The predicted octanol–water partition coefficient (Wildman–Crippen LogP) is -0.712. The van der Waals surface area contributed by atoms with E-state index in [9.17, 15) is 8.76 Å². The quantitative estimate of drug-likeness (QED) is 0.454. The SMILES string of the molecule is CC(C)(C)c1cc(S(=O)[O-])cs1.[Li+]. The Morgan fingerprint density at radius 3 is 2.23 bits per heavy atom. The molecule has 0 bridgehead atoms. The molecule has 0 fully saturated rings. The Hall–Kier alpha value is 0.407. The summed E-state index contributed by atoms with van der Waals surface area (Å²) in [5.41, 5.74) is 0.0439. The first-order valence-corrected chi connectivity index (χ1v) is 5.55. The van der Waals surface area contributed by atoms with Gasteiger partial charge in [-0.15, -0.1) is 11.3 Å². The van der Waals surface area contributed by atoms with Crippen molar-refractivity contribution >= 4 is 22.4 Å². The first-order valence-electron chi connectivity index (χ1n) is 3.59. The van der Waals surface area contributed by atoms with Gasteiger partial charge in [0.25, 0.3) is 0 Å². The molecule has 0 N–H and O–H groups in total. The van der Waals surface area contributed by atoms with Crippen LogP contribution in [0.15, 0.2) is 16.3 Å². The van der Waals surface area contributed by atoms with Crippen LogP contribution >= 0.6 is 11.3 Å². The minimum absolute atomic E-state index is 0. The summed E-state index contributed by atoms with van der Waals surface area (Å²) < 4.78 is 21.1. The minimum Gasteiger partial charge on any atom is -0.768 e. The van der Waals surface area contributed by atoms with Gasteiger partial charge in [0, 0.05) is 15.2 Å². The van der Waals surface area contributed by atoms with Crippen LogP contribution in [0.1, 0.15) is 25.6 Å². The van der Waals surface area contributed by atoms with Crippen molar-refractivity contribution in [2.45, 2.75) is 31.1 Å². The van der Waals surface area contributed by atoms with Crippen molar-refractivity contribution in [3.05, 3.63) is 16.3 Å². The fraction of sp³-hybridized carbons (Fsp3) is 0.500. The average Bonchev–Trinajstić information content (AvgIpc) is 2.30. The summed E-state index contributed by atoms with van der Waals surface area (Å²) in [5, 5.41) is 1.67. The Morgan fingerprint density at radius 2 is 2.00 bits per heavy atom. The molecule has 1 aromatic heterocycles. The molecule has 0 spiro atoms. The Morgan fingerprint density at radius 1 is 1.46 bits per heavy atom. The van der Waals surface area contributed by atoms with Crippen molar-refractivity contribution in [2.75, 3.05) is 0 Å². The topological polar surface area (TPSA) is 40.1 Å². The van der Waals surface area contributed by atoms with E-state index in [-0.39, 0.29) is 24.3 Å². The van der Waals surface area contributed by atoms with Gasteiger partial charge in [0.2, 0.25) is 0 Å². The van der Waals surface area contributed by atoms with E-state index < -0.39 is 11.1 Å². The van der Waals surface area contributed by atoms with E-state index in [1.165, 1.54) is 11.3 Å². The van der Waals surface area contributed by atoms with E-state index in [1.54, 1.807) is 11.4 Å². The molecule has 1 heterocycles. The molecule has 0 aliphatic carbocycles. The van der Waals surface area contributed by atoms with Crippen LogP contribution in [0.2, 0.25) is 0 Å². The molecule has 1 rings (SSSR count).